The second-order valence-electron chi connectivity index (χ2n) is 10.9. The summed E-state index contributed by atoms with van der Waals surface area (Å²) in [4.78, 5) is 24.2. The predicted molar refractivity (Wildman–Crippen MR) is 135 cm³/mol. The molecule has 1 aromatic heterocycles. The highest BCUT2D eigenvalue weighted by Gasteiger charge is 2.35. The van der Waals surface area contributed by atoms with Crippen molar-refractivity contribution in [2.75, 3.05) is 19.4 Å². The summed E-state index contributed by atoms with van der Waals surface area (Å²) >= 11 is 0. The Morgan fingerprint density at radius 3 is 2.59 bits per heavy atom. The standard InChI is InChI=1S/C26H41N7O/c1-6-24(34)28-19-8-7-9-20(15-19)29-26-31-23(14-18-10-12-21(13-11-18)32(4)5)30-25-22(17(2)3)16-27-33(25)26/h6,16-22H,1,7-15H2,2-5H3,(H,28,34)/p+1. The number of hydrogen-bond acceptors (Lipinski definition) is 6. The lowest BCUT2D eigenvalue weighted by atomic mass is 9.83. The van der Waals surface area contributed by atoms with Crippen LogP contribution in [0.4, 0.5) is 5.95 Å². The van der Waals surface area contributed by atoms with Gasteiger partial charge in [-0.25, -0.2) is 0 Å². The fraction of sp³-hybridized carbons (Fsp3) is 0.731. The zero-order chi connectivity index (χ0) is 24.2. The summed E-state index contributed by atoms with van der Waals surface area (Å²) in [5.41, 5.74) is 0. The lowest BCUT2D eigenvalue weighted by Gasteiger charge is -2.32. The lowest BCUT2D eigenvalue weighted by molar-refractivity contribution is -0.673. The zero-order valence-corrected chi connectivity index (χ0v) is 21.3. The monoisotopic (exact) mass is 468 g/mol. The van der Waals surface area contributed by atoms with E-state index in [2.05, 4.69) is 55.2 Å². The summed E-state index contributed by atoms with van der Waals surface area (Å²) in [7, 11) is 4.38. The van der Waals surface area contributed by atoms with Crippen molar-refractivity contribution in [3.8, 4) is 0 Å². The normalized spacial score (nSPS) is 28.7. The van der Waals surface area contributed by atoms with Crippen LogP contribution >= 0.6 is 0 Å². The van der Waals surface area contributed by atoms with E-state index in [1.165, 1.54) is 31.8 Å². The highest BCUT2D eigenvalue weighted by atomic mass is 16.1. The summed E-state index contributed by atoms with van der Waals surface area (Å²) in [5.74, 6) is 3.90. The van der Waals surface area contributed by atoms with Crippen molar-refractivity contribution in [3.63, 3.8) is 0 Å². The first kappa shape index (κ1) is 24.8. The fourth-order valence-corrected chi connectivity index (χ4v) is 5.69. The highest BCUT2D eigenvalue weighted by molar-refractivity contribution is 5.87. The summed E-state index contributed by atoms with van der Waals surface area (Å²) in [5, 5.41) is 11.4. The van der Waals surface area contributed by atoms with Gasteiger partial charge < -0.3 is 10.2 Å². The molecule has 34 heavy (non-hydrogen) atoms. The Morgan fingerprint density at radius 2 is 1.91 bits per heavy atom. The summed E-state index contributed by atoms with van der Waals surface area (Å²) in [6.07, 6.45) is 13.3. The molecule has 2 fully saturated rings. The molecule has 1 aromatic rings. The molecule has 8 nitrogen and oxygen atoms in total. The van der Waals surface area contributed by atoms with Gasteiger partial charge >= 0.3 is 5.95 Å². The average molecular weight is 469 g/mol. The Labute approximate surface area is 204 Å². The summed E-state index contributed by atoms with van der Waals surface area (Å²) in [6, 6.07) is 1.10. The number of nitrogens with zero attached hydrogens (tertiary/aromatic N) is 5. The van der Waals surface area contributed by atoms with Crippen LogP contribution in [0.25, 0.3) is 0 Å². The van der Waals surface area contributed by atoms with Crippen LogP contribution in [-0.2, 0) is 11.2 Å². The molecule has 2 saturated carbocycles. The minimum absolute atomic E-state index is 0.0985. The van der Waals surface area contributed by atoms with Gasteiger partial charge in [-0.05, 0) is 83.4 Å². The molecule has 4 rings (SSSR count). The van der Waals surface area contributed by atoms with Crippen molar-refractivity contribution in [1.29, 1.82) is 0 Å². The van der Waals surface area contributed by atoms with Crippen molar-refractivity contribution in [1.82, 2.24) is 20.2 Å². The van der Waals surface area contributed by atoms with Crippen LogP contribution in [0.2, 0.25) is 0 Å². The number of amides is 1. The van der Waals surface area contributed by atoms with Crippen molar-refractivity contribution in [3.05, 3.63) is 24.3 Å². The molecule has 0 radical (unpaired) electrons. The van der Waals surface area contributed by atoms with E-state index in [0.717, 1.165) is 49.7 Å². The minimum Gasteiger partial charge on any atom is -0.350 e. The summed E-state index contributed by atoms with van der Waals surface area (Å²) < 4.78 is 1.91. The van der Waals surface area contributed by atoms with E-state index in [1.807, 2.05) is 10.9 Å². The first-order chi connectivity index (χ1) is 16.3. The number of nitrogens with one attached hydrogen (secondary N) is 2. The Bertz CT molecular complexity index is 905. The van der Waals surface area contributed by atoms with E-state index >= 15 is 0 Å². The van der Waals surface area contributed by atoms with Crippen LogP contribution in [0.5, 0.6) is 0 Å². The van der Waals surface area contributed by atoms with Gasteiger partial charge in [0.05, 0.1) is 18.2 Å². The van der Waals surface area contributed by atoms with E-state index < -0.39 is 0 Å². The molecule has 2 heterocycles. The maximum Gasteiger partial charge on any atom is 0.373 e. The number of anilines is 1. The van der Waals surface area contributed by atoms with E-state index in [4.69, 9.17) is 9.97 Å². The Balaban J connectivity index is 1.50. The molecular formula is C26H42N7O+. The van der Waals surface area contributed by atoms with E-state index in [-0.39, 0.29) is 23.9 Å². The number of carbonyl (C=O) groups is 1. The SMILES string of the molecule is C=CC(=O)NC1CCCC(Nc2nc(CC3CCC(N(C)C)CC3)nc3[n+]2N=CC3C(C)C)C1. The maximum absolute atomic E-state index is 11.8. The van der Waals surface area contributed by atoms with Gasteiger partial charge in [-0.1, -0.05) is 25.4 Å². The molecule has 8 heteroatoms. The number of hydrogen-bond donors (Lipinski definition) is 2. The molecule has 2 aliphatic carbocycles. The van der Waals surface area contributed by atoms with Gasteiger partial charge in [0.25, 0.3) is 0 Å². The third kappa shape index (κ3) is 5.82. The van der Waals surface area contributed by atoms with E-state index in [1.54, 1.807) is 0 Å². The number of rotatable bonds is 8. The molecule has 1 amide bonds. The second kappa shape index (κ2) is 10.9. The van der Waals surface area contributed by atoms with Crippen LogP contribution in [0.3, 0.4) is 0 Å². The van der Waals surface area contributed by atoms with Gasteiger partial charge in [0.1, 0.15) is 0 Å². The number of fused-ring (bicyclic) bond motifs is 1. The molecule has 0 bridgehead atoms. The molecule has 1 aliphatic heterocycles. The van der Waals surface area contributed by atoms with E-state index in [9.17, 15) is 4.79 Å². The molecule has 3 aliphatic rings. The molecule has 3 unspecified atom stereocenters. The third-order valence-corrected chi connectivity index (χ3v) is 7.81. The van der Waals surface area contributed by atoms with E-state index in [0.29, 0.717) is 17.9 Å². The van der Waals surface area contributed by atoms with Crippen LogP contribution in [0, 0.1) is 11.8 Å². The highest BCUT2D eigenvalue weighted by Crippen LogP contribution is 2.30. The number of carbonyl (C=O) groups excluding carboxylic acids is 1. The first-order valence-electron chi connectivity index (χ1n) is 13.1. The van der Waals surface area contributed by atoms with Gasteiger partial charge in [-0.2, -0.15) is 0 Å². The number of aromatic nitrogens is 3. The van der Waals surface area contributed by atoms with Crippen LogP contribution in [0.1, 0.15) is 82.8 Å². The Morgan fingerprint density at radius 1 is 1.18 bits per heavy atom. The van der Waals surface area contributed by atoms with Crippen molar-refractivity contribution >= 4 is 18.1 Å². The zero-order valence-electron chi connectivity index (χ0n) is 21.3. The van der Waals surface area contributed by atoms with Crippen molar-refractivity contribution < 1.29 is 9.47 Å². The second-order valence-corrected chi connectivity index (χ2v) is 10.9. The smallest absolute Gasteiger partial charge is 0.350 e. The molecule has 0 aromatic carbocycles. The third-order valence-electron chi connectivity index (χ3n) is 7.81. The first-order valence-corrected chi connectivity index (χ1v) is 13.1. The van der Waals surface area contributed by atoms with Crippen LogP contribution in [0.15, 0.2) is 17.8 Å². The topological polar surface area (TPSA) is 86.4 Å². The van der Waals surface area contributed by atoms with Gasteiger partial charge in [-0.3, -0.25) is 10.1 Å². The van der Waals surface area contributed by atoms with Crippen LogP contribution < -0.4 is 15.3 Å². The summed E-state index contributed by atoms with van der Waals surface area (Å²) in [6.45, 7) is 8.02. The fourth-order valence-electron chi connectivity index (χ4n) is 5.69. The average Bonchev–Trinajstić information content (AvgIpc) is 3.24. The molecule has 0 saturated heterocycles. The lowest BCUT2D eigenvalue weighted by Crippen LogP contribution is -2.44. The molecule has 186 valence electrons. The molecule has 2 N–H and O–H groups in total. The maximum atomic E-state index is 11.8. The molecular weight excluding hydrogens is 426 g/mol. The largest absolute Gasteiger partial charge is 0.373 e. The Hall–Kier alpha value is -2.35. The minimum atomic E-state index is -0.0985. The van der Waals surface area contributed by atoms with Gasteiger partial charge in [0.15, 0.2) is 0 Å². The van der Waals surface area contributed by atoms with Crippen molar-refractivity contribution in [2.24, 2.45) is 16.9 Å². The molecule has 0 spiro atoms. The van der Waals surface area contributed by atoms with Gasteiger partial charge in [-0.15, -0.1) is 14.8 Å². The quantitative estimate of drug-likeness (QED) is 0.452. The molecule has 3 atom stereocenters. The van der Waals surface area contributed by atoms with Gasteiger partial charge in [0.2, 0.25) is 17.6 Å². The van der Waals surface area contributed by atoms with Crippen molar-refractivity contribution in [2.45, 2.75) is 95.7 Å². The van der Waals surface area contributed by atoms with Crippen LogP contribution in [-0.4, -0.2) is 59.2 Å². The Kier molecular flexibility index (Phi) is 7.96. The van der Waals surface area contributed by atoms with Gasteiger partial charge in [0, 0.05) is 18.5 Å². The predicted octanol–water partition coefficient (Wildman–Crippen LogP) is 3.04.